The molecule has 0 aliphatic rings. The number of carbonyl (C=O) groups excluding carboxylic acids is 1. The van der Waals surface area contributed by atoms with Crippen LogP contribution in [0.5, 0.6) is 0 Å². The van der Waals surface area contributed by atoms with Crippen molar-refractivity contribution in [2.45, 2.75) is 53.6 Å². The average molecular weight is 213 g/mol. The van der Waals surface area contributed by atoms with Gasteiger partial charge in [0.05, 0.1) is 0 Å². The van der Waals surface area contributed by atoms with Gasteiger partial charge < -0.3 is 10.5 Å². The van der Waals surface area contributed by atoms with Crippen molar-refractivity contribution in [3.63, 3.8) is 0 Å². The minimum atomic E-state index is -0.463. The molecular weight excluding hydrogens is 190 g/mol. The fourth-order valence-electron chi connectivity index (χ4n) is 1.15. The molecule has 0 saturated heterocycles. The Bertz CT molecular complexity index is 254. The van der Waals surface area contributed by atoms with Gasteiger partial charge in [-0.15, -0.1) is 0 Å². The number of hydrogen-bond acceptors (Lipinski definition) is 3. The average Bonchev–Trinajstić information content (AvgIpc) is 1.73. The van der Waals surface area contributed by atoms with E-state index in [4.69, 9.17) is 10.5 Å². The maximum absolute atomic E-state index is 11.4. The van der Waals surface area contributed by atoms with Gasteiger partial charge in [0, 0.05) is 11.8 Å². The highest BCUT2D eigenvalue weighted by Crippen LogP contribution is 2.21. The number of allylic oxidation sites excluding steroid dienone is 1. The van der Waals surface area contributed by atoms with E-state index in [2.05, 4.69) is 20.8 Å². The van der Waals surface area contributed by atoms with E-state index in [0.29, 0.717) is 12.1 Å². The third-order valence-corrected chi connectivity index (χ3v) is 1.44. The predicted octanol–water partition coefficient (Wildman–Crippen LogP) is 2.61. The summed E-state index contributed by atoms with van der Waals surface area (Å²) in [6, 6.07) is 0. The van der Waals surface area contributed by atoms with Crippen LogP contribution in [0.4, 0.5) is 0 Å². The Morgan fingerprint density at radius 1 is 1.20 bits per heavy atom. The Morgan fingerprint density at radius 2 is 1.67 bits per heavy atom. The van der Waals surface area contributed by atoms with E-state index in [1.165, 1.54) is 6.08 Å². The van der Waals surface area contributed by atoms with Crippen molar-refractivity contribution in [2.24, 2.45) is 11.1 Å². The van der Waals surface area contributed by atoms with E-state index >= 15 is 0 Å². The van der Waals surface area contributed by atoms with Crippen LogP contribution in [0, 0.1) is 5.41 Å². The molecule has 3 nitrogen and oxygen atoms in total. The first-order valence-electron chi connectivity index (χ1n) is 5.19. The van der Waals surface area contributed by atoms with Gasteiger partial charge >= 0.3 is 5.97 Å². The largest absolute Gasteiger partial charge is 0.457 e. The summed E-state index contributed by atoms with van der Waals surface area (Å²) < 4.78 is 5.13. The topological polar surface area (TPSA) is 52.3 Å². The molecule has 0 heterocycles. The molecule has 3 heteroatoms. The van der Waals surface area contributed by atoms with Crippen LogP contribution in [-0.4, -0.2) is 11.6 Å². The number of carbonyl (C=O) groups is 1. The first-order chi connectivity index (χ1) is 6.49. The molecule has 0 spiro atoms. The molecule has 2 N–H and O–H groups in total. The summed E-state index contributed by atoms with van der Waals surface area (Å²) in [7, 11) is 0. The molecule has 88 valence electrons. The summed E-state index contributed by atoms with van der Waals surface area (Å²) in [6.07, 6.45) is 2.06. The molecule has 0 aromatic carbocycles. The lowest BCUT2D eigenvalue weighted by Crippen LogP contribution is -2.23. The van der Waals surface area contributed by atoms with Crippen LogP contribution in [0.25, 0.3) is 0 Å². The zero-order valence-corrected chi connectivity index (χ0v) is 10.7. The van der Waals surface area contributed by atoms with Gasteiger partial charge in [0.25, 0.3) is 0 Å². The highest BCUT2D eigenvalue weighted by molar-refractivity contribution is 5.82. The summed E-state index contributed by atoms with van der Waals surface area (Å²) in [5, 5.41) is 0. The predicted molar refractivity (Wildman–Crippen MR) is 62.2 cm³/mol. The van der Waals surface area contributed by atoms with E-state index in [1.54, 1.807) is 0 Å². The Labute approximate surface area is 92.7 Å². The summed E-state index contributed by atoms with van der Waals surface area (Å²) >= 11 is 0. The molecule has 0 aromatic rings. The van der Waals surface area contributed by atoms with Gasteiger partial charge in [-0.2, -0.15) is 0 Å². The smallest absolute Gasteiger partial charge is 0.333 e. The number of hydrogen-bond donors (Lipinski definition) is 1. The maximum atomic E-state index is 11.4. The van der Waals surface area contributed by atoms with Crippen molar-refractivity contribution < 1.29 is 9.53 Å². The normalized spacial score (nSPS) is 13.9. The molecule has 0 aliphatic carbocycles. The van der Waals surface area contributed by atoms with Gasteiger partial charge in [-0.25, -0.2) is 4.79 Å². The van der Waals surface area contributed by atoms with Crippen LogP contribution in [0.2, 0.25) is 0 Å². The summed E-state index contributed by atoms with van der Waals surface area (Å²) in [4.78, 5) is 11.4. The van der Waals surface area contributed by atoms with E-state index in [9.17, 15) is 4.79 Å². The van der Waals surface area contributed by atoms with Gasteiger partial charge in [0.1, 0.15) is 5.60 Å². The fraction of sp³-hybridized carbons (Fsp3) is 0.750. The summed E-state index contributed by atoms with van der Waals surface area (Å²) in [5.41, 5.74) is 5.93. The first kappa shape index (κ1) is 14.0. The molecule has 0 amide bonds. The Morgan fingerprint density at radius 3 is 2.00 bits per heavy atom. The molecule has 0 saturated carbocycles. The number of ether oxygens (including phenoxy) is 1. The maximum Gasteiger partial charge on any atom is 0.333 e. The summed E-state index contributed by atoms with van der Waals surface area (Å²) in [5.74, 6) is -0.371. The minimum Gasteiger partial charge on any atom is -0.457 e. The van der Waals surface area contributed by atoms with Crippen molar-refractivity contribution in [3.8, 4) is 0 Å². The van der Waals surface area contributed by atoms with Crippen LogP contribution in [-0.2, 0) is 9.53 Å². The molecule has 0 bridgehead atoms. The monoisotopic (exact) mass is 213 g/mol. The van der Waals surface area contributed by atoms with Gasteiger partial charge in [-0.1, -0.05) is 20.8 Å². The van der Waals surface area contributed by atoms with E-state index in [1.807, 2.05) is 20.8 Å². The zero-order chi connectivity index (χ0) is 12.3. The molecule has 0 aliphatic heterocycles. The standard InChI is InChI=1S/C12H23NO2/c1-11(2,3)8-9(13)7-10(14)15-12(4,5)6/h7H,8,13H2,1-6H3/b9-7-. The Balaban J connectivity index is 4.31. The van der Waals surface area contributed by atoms with Crippen LogP contribution in [0.15, 0.2) is 11.8 Å². The summed E-state index contributed by atoms with van der Waals surface area (Å²) in [6.45, 7) is 11.7. The molecule has 15 heavy (non-hydrogen) atoms. The van der Waals surface area contributed by atoms with Crippen molar-refractivity contribution in [2.75, 3.05) is 0 Å². The third-order valence-electron chi connectivity index (χ3n) is 1.44. The van der Waals surface area contributed by atoms with E-state index < -0.39 is 5.60 Å². The van der Waals surface area contributed by atoms with Crippen LogP contribution in [0.1, 0.15) is 48.0 Å². The molecule has 0 unspecified atom stereocenters. The zero-order valence-electron chi connectivity index (χ0n) is 10.7. The van der Waals surface area contributed by atoms with Gasteiger partial charge in [0.2, 0.25) is 0 Å². The van der Waals surface area contributed by atoms with E-state index in [0.717, 1.165) is 0 Å². The van der Waals surface area contributed by atoms with Gasteiger partial charge in [0.15, 0.2) is 0 Å². The quantitative estimate of drug-likeness (QED) is 0.566. The molecule has 0 radical (unpaired) electrons. The lowest BCUT2D eigenvalue weighted by molar-refractivity contribution is -0.148. The molecular formula is C12H23NO2. The number of nitrogens with two attached hydrogens (primary N) is 1. The number of rotatable bonds is 2. The van der Waals surface area contributed by atoms with E-state index in [-0.39, 0.29) is 11.4 Å². The lowest BCUT2D eigenvalue weighted by Gasteiger charge is -2.20. The molecule has 0 aromatic heterocycles. The van der Waals surface area contributed by atoms with Crippen LogP contribution in [0.3, 0.4) is 0 Å². The molecule has 0 rings (SSSR count). The van der Waals surface area contributed by atoms with Gasteiger partial charge in [-0.05, 0) is 32.6 Å². The SMILES string of the molecule is CC(C)(C)C/C(N)=C/C(=O)OC(C)(C)C. The van der Waals surface area contributed by atoms with Crippen molar-refractivity contribution >= 4 is 5.97 Å². The second-order valence-corrected chi connectivity index (χ2v) is 5.99. The molecule has 0 atom stereocenters. The van der Waals surface area contributed by atoms with Crippen LogP contribution >= 0.6 is 0 Å². The van der Waals surface area contributed by atoms with Crippen molar-refractivity contribution in [1.29, 1.82) is 0 Å². The van der Waals surface area contributed by atoms with Crippen molar-refractivity contribution in [1.82, 2.24) is 0 Å². The third kappa shape index (κ3) is 9.32. The van der Waals surface area contributed by atoms with Crippen LogP contribution < -0.4 is 5.73 Å². The highest BCUT2D eigenvalue weighted by atomic mass is 16.6. The van der Waals surface area contributed by atoms with Gasteiger partial charge in [-0.3, -0.25) is 0 Å². The number of esters is 1. The first-order valence-corrected chi connectivity index (χ1v) is 5.19. The lowest BCUT2D eigenvalue weighted by atomic mass is 9.90. The molecule has 0 fully saturated rings. The van der Waals surface area contributed by atoms with Crippen molar-refractivity contribution in [3.05, 3.63) is 11.8 Å². The fourth-order valence-corrected chi connectivity index (χ4v) is 1.15. The second-order valence-electron chi connectivity index (χ2n) is 5.99. The highest BCUT2D eigenvalue weighted by Gasteiger charge is 2.16. The minimum absolute atomic E-state index is 0.0859. The Kier molecular flexibility index (Phi) is 4.38. The Hall–Kier alpha value is -0.990. The second kappa shape index (κ2) is 4.69.